The average Bonchev–Trinajstić information content (AvgIpc) is 3.14. The number of rotatable bonds is 12. The Bertz CT molecular complexity index is 474. The number of nitrogens with one attached hydrogen (secondary N) is 3. The molecule has 170 valence electrons. The van der Waals surface area contributed by atoms with Gasteiger partial charge in [-0.15, -0.1) is 0 Å². The summed E-state index contributed by atoms with van der Waals surface area (Å²) >= 11 is 0. The summed E-state index contributed by atoms with van der Waals surface area (Å²) in [6, 6.07) is -0.0555. The van der Waals surface area contributed by atoms with Gasteiger partial charge in [-0.25, -0.2) is 4.79 Å². The van der Waals surface area contributed by atoms with Crippen LogP contribution in [0.15, 0.2) is 4.99 Å². The number of alkyl carbamates (subject to hydrolysis) is 1. The maximum Gasteiger partial charge on any atom is 0.407 e. The van der Waals surface area contributed by atoms with E-state index in [9.17, 15) is 4.79 Å². The lowest BCUT2D eigenvalue weighted by Crippen LogP contribution is -2.42. The summed E-state index contributed by atoms with van der Waals surface area (Å²) in [6.45, 7) is 14.0. The van der Waals surface area contributed by atoms with Crippen molar-refractivity contribution in [1.29, 1.82) is 0 Å². The molecule has 0 aliphatic carbocycles. The molecule has 0 saturated carbocycles. The number of carbonyl (C=O) groups excluding carboxylic acids is 1. The third-order valence-corrected chi connectivity index (χ3v) is 4.26. The molecule has 2 atom stereocenters. The average molecular weight is 415 g/mol. The number of ether oxygens (including phenoxy) is 3. The van der Waals surface area contributed by atoms with E-state index in [1.807, 2.05) is 27.7 Å². The van der Waals surface area contributed by atoms with Crippen molar-refractivity contribution in [3.8, 4) is 0 Å². The Hall–Kier alpha value is -1.54. The summed E-state index contributed by atoms with van der Waals surface area (Å²) in [5, 5.41) is 9.49. The van der Waals surface area contributed by atoms with Crippen LogP contribution >= 0.6 is 0 Å². The molecule has 1 amide bonds. The Labute approximate surface area is 176 Å². The highest BCUT2D eigenvalue weighted by Gasteiger charge is 2.19. The van der Waals surface area contributed by atoms with Crippen LogP contribution in [0.25, 0.3) is 0 Å². The minimum absolute atomic E-state index is 0.0555. The van der Waals surface area contributed by atoms with Gasteiger partial charge in [0.15, 0.2) is 5.96 Å². The quantitative estimate of drug-likeness (QED) is 0.258. The molecule has 8 nitrogen and oxygen atoms in total. The molecule has 1 heterocycles. The molecular weight excluding hydrogens is 372 g/mol. The molecule has 1 rings (SSSR count). The van der Waals surface area contributed by atoms with Crippen LogP contribution in [0.5, 0.6) is 0 Å². The molecule has 2 unspecified atom stereocenters. The van der Waals surface area contributed by atoms with E-state index in [1.54, 1.807) is 0 Å². The molecule has 3 N–H and O–H groups in total. The van der Waals surface area contributed by atoms with Gasteiger partial charge in [0.2, 0.25) is 0 Å². The normalized spacial score (nSPS) is 18.4. The van der Waals surface area contributed by atoms with Gasteiger partial charge in [0.1, 0.15) is 5.60 Å². The van der Waals surface area contributed by atoms with Gasteiger partial charge in [0.05, 0.1) is 25.3 Å². The van der Waals surface area contributed by atoms with Crippen LogP contribution in [0.4, 0.5) is 4.79 Å². The molecule has 0 spiro atoms. The highest BCUT2D eigenvalue weighted by atomic mass is 16.6. The smallest absolute Gasteiger partial charge is 0.407 e. The fourth-order valence-electron chi connectivity index (χ4n) is 2.95. The molecular formula is C21H42N4O4. The number of guanidine groups is 1. The second-order valence-electron chi connectivity index (χ2n) is 8.34. The van der Waals surface area contributed by atoms with E-state index in [0.29, 0.717) is 19.8 Å². The topological polar surface area (TPSA) is 93.2 Å². The van der Waals surface area contributed by atoms with Crippen LogP contribution in [0.3, 0.4) is 0 Å². The maximum atomic E-state index is 12.0. The minimum Gasteiger partial charge on any atom is -0.444 e. The van der Waals surface area contributed by atoms with E-state index >= 15 is 0 Å². The Morgan fingerprint density at radius 2 is 2.07 bits per heavy atom. The Morgan fingerprint density at radius 1 is 1.28 bits per heavy atom. The first-order chi connectivity index (χ1) is 13.8. The van der Waals surface area contributed by atoms with E-state index in [4.69, 9.17) is 14.2 Å². The van der Waals surface area contributed by atoms with Crippen LogP contribution < -0.4 is 16.0 Å². The number of aliphatic imine (C=N–C) groups is 1. The lowest BCUT2D eigenvalue weighted by molar-refractivity contribution is 0.0168. The van der Waals surface area contributed by atoms with Crippen molar-refractivity contribution in [3.63, 3.8) is 0 Å². The van der Waals surface area contributed by atoms with Crippen LogP contribution in [0.1, 0.15) is 66.7 Å². The van der Waals surface area contributed by atoms with E-state index in [2.05, 4.69) is 27.9 Å². The third-order valence-electron chi connectivity index (χ3n) is 4.26. The van der Waals surface area contributed by atoms with Gasteiger partial charge in [0, 0.05) is 26.3 Å². The monoisotopic (exact) mass is 414 g/mol. The van der Waals surface area contributed by atoms with Crippen molar-refractivity contribution >= 4 is 12.1 Å². The van der Waals surface area contributed by atoms with Gasteiger partial charge in [-0.3, -0.25) is 4.99 Å². The van der Waals surface area contributed by atoms with E-state index in [0.717, 1.165) is 57.8 Å². The number of amides is 1. The van der Waals surface area contributed by atoms with Gasteiger partial charge < -0.3 is 30.2 Å². The first-order valence-electron chi connectivity index (χ1n) is 11.0. The van der Waals surface area contributed by atoms with E-state index in [1.165, 1.54) is 0 Å². The molecule has 1 fully saturated rings. The molecule has 1 aliphatic rings. The zero-order chi connectivity index (χ0) is 21.5. The predicted octanol–water partition coefficient (Wildman–Crippen LogP) is 2.82. The molecule has 0 bridgehead atoms. The van der Waals surface area contributed by atoms with Gasteiger partial charge in [0.25, 0.3) is 0 Å². The number of carbonyl (C=O) groups is 1. The fraction of sp³-hybridized carbons (Fsp3) is 0.905. The summed E-state index contributed by atoms with van der Waals surface area (Å²) in [5.41, 5.74) is -0.507. The summed E-state index contributed by atoms with van der Waals surface area (Å²) in [5.74, 6) is 0.749. The van der Waals surface area contributed by atoms with Crippen molar-refractivity contribution in [2.75, 3.05) is 39.5 Å². The van der Waals surface area contributed by atoms with Gasteiger partial charge >= 0.3 is 6.09 Å². The van der Waals surface area contributed by atoms with Gasteiger partial charge in [-0.2, -0.15) is 0 Å². The number of hydrogen-bond donors (Lipinski definition) is 3. The predicted molar refractivity (Wildman–Crippen MR) is 116 cm³/mol. The first kappa shape index (κ1) is 25.5. The zero-order valence-corrected chi connectivity index (χ0v) is 19.0. The molecule has 0 aromatic heterocycles. The first-order valence-corrected chi connectivity index (χ1v) is 11.0. The lowest BCUT2D eigenvalue weighted by Gasteiger charge is -2.23. The number of nitrogens with zero attached hydrogens (tertiary/aromatic N) is 1. The summed E-state index contributed by atoms with van der Waals surface area (Å²) in [4.78, 5) is 16.7. The lowest BCUT2D eigenvalue weighted by atomic mass is 10.1. The second-order valence-corrected chi connectivity index (χ2v) is 8.34. The van der Waals surface area contributed by atoms with Crippen molar-refractivity contribution in [2.45, 2.75) is 84.5 Å². The largest absolute Gasteiger partial charge is 0.444 e. The van der Waals surface area contributed by atoms with Crippen molar-refractivity contribution < 1.29 is 19.0 Å². The molecule has 0 aromatic rings. The van der Waals surface area contributed by atoms with Crippen LogP contribution in [0.2, 0.25) is 0 Å². The minimum atomic E-state index is -0.507. The van der Waals surface area contributed by atoms with Crippen LogP contribution in [0, 0.1) is 0 Å². The molecule has 29 heavy (non-hydrogen) atoms. The highest BCUT2D eigenvalue weighted by Crippen LogP contribution is 2.11. The van der Waals surface area contributed by atoms with Crippen molar-refractivity contribution in [2.24, 2.45) is 4.99 Å². The summed E-state index contributed by atoms with van der Waals surface area (Å²) in [7, 11) is 0. The van der Waals surface area contributed by atoms with E-state index in [-0.39, 0.29) is 12.1 Å². The van der Waals surface area contributed by atoms with Crippen LogP contribution in [-0.2, 0) is 14.2 Å². The highest BCUT2D eigenvalue weighted by molar-refractivity contribution is 5.79. The summed E-state index contributed by atoms with van der Waals surface area (Å²) < 4.78 is 16.6. The molecule has 0 aromatic carbocycles. The Kier molecular flexibility index (Phi) is 12.7. The van der Waals surface area contributed by atoms with Gasteiger partial charge in [-0.05, 0) is 53.4 Å². The molecule has 1 saturated heterocycles. The van der Waals surface area contributed by atoms with Crippen LogP contribution in [-0.4, -0.2) is 69.3 Å². The van der Waals surface area contributed by atoms with Gasteiger partial charge in [-0.1, -0.05) is 13.3 Å². The van der Waals surface area contributed by atoms with Crippen molar-refractivity contribution in [3.05, 3.63) is 0 Å². The SMILES string of the molecule is CCCC(CN=C(NCC)NCCCOCC1CCCO1)NC(=O)OC(C)(C)C. The Balaban J connectivity index is 2.34. The van der Waals surface area contributed by atoms with E-state index < -0.39 is 11.7 Å². The molecule has 8 heteroatoms. The molecule has 1 aliphatic heterocycles. The second kappa shape index (κ2) is 14.4. The molecule has 0 radical (unpaired) electrons. The third kappa shape index (κ3) is 13.3. The van der Waals surface area contributed by atoms with Crippen molar-refractivity contribution in [1.82, 2.24) is 16.0 Å². The fourth-order valence-corrected chi connectivity index (χ4v) is 2.95. The standard InChI is InChI=1S/C21H42N4O4/c1-6-10-17(25-20(26)29-21(3,4)5)15-24-19(22-7-2)23-12-9-13-27-16-18-11-8-14-28-18/h17-18H,6-16H2,1-5H3,(H,25,26)(H2,22,23,24). The zero-order valence-electron chi connectivity index (χ0n) is 19.0. The Morgan fingerprint density at radius 3 is 2.69 bits per heavy atom. The maximum absolute atomic E-state index is 12.0. The summed E-state index contributed by atoms with van der Waals surface area (Å²) in [6.07, 6.45) is 4.82. The number of hydrogen-bond acceptors (Lipinski definition) is 5.